The second-order valence-corrected chi connectivity index (χ2v) is 7.31. The minimum absolute atomic E-state index is 0.121. The largest absolute Gasteiger partial charge is 0.330 e. The first-order valence-electron chi connectivity index (χ1n) is 7.12. The van der Waals surface area contributed by atoms with Gasteiger partial charge in [0.2, 0.25) is 0 Å². The van der Waals surface area contributed by atoms with E-state index in [0.29, 0.717) is 12.5 Å². The molecule has 0 saturated heterocycles. The van der Waals surface area contributed by atoms with Crippen LogP contribution in [0.4, 0.5) is 0 Å². The molecule has 0 aliphatic rings. The van der Waals surface area contributed by atoms with Crippen molar-refractivity contribution in [3.63, 3.8) is 0 Å². The number of hydrogen-bond acceptors (Lipinski definition) is 3. The predicted molar refractivity (Wildman–Crippen MR) is 87.5 cm³/mol. The van der Waals surface area contributed by atoms with Crippen molar-refractivity contribution in [2.45, 2.75) is 45.4 Å². The number of aryl methyl sites for hydroxylation is 1. The Hall–Kier alpha value is -1.19. The first-order valence-corrected chi connectivity index (χ1v) is 8.00. The van der Waals surface area contributed by atoms with Crippen molar-refractivity contribution in [1.29, 1.82) is 0 Å². The zero-order valence-corrected chi connectivity index (χ0v) is 13.6. The molecule has 1 unspecified atom stereocenters. The Labute approximate surface area is 126 Å². The molecule has 0 bridgehead atoms. The van der Waals surface area contributed by atoms with Crippen LogP contribution in [-0.2, 0) is 11.8 Å². The van der Waals surface area contributed by atoms with Gasteiger partial charge >= 0.3 is 0 Å². The Morgan fingerprint density at radius 3 is 2.50 bits per heavy atom. The van der Waals surface area contributed by atoms with Gasteiger partial charge in [0.05, 0.1) is 10.7 Å². The van der Waals surface area contributed by atoms with Crippen LogP contribution in [0.2, 0.25) is 0 Å². The van der Waals surface area contributed by atoms with E-state index < -0.39 is 0 Å². The maximum atomic E-state index is 5.99. The van der Waals surface area contributed by atoms with E-state index in [2.05, 4.69) is 57.3 Å². The molecule has 2 nitrogen and oxygen atoms in total. The highest BCUT2D eigenvalue weighted by molar-refractivity contribution is 7.09. The van der Waals surface area contributed by atoms with Crippen LogP contribution in [0.5, 0.6) is 0 Å². The van der Waals surface area contributed by atoms with Crippen LogP contribution in [0.15, 0.2) is 29.6 Å². The lowest BCUT2D eigenvalue weighted by atomic mass is 9.92. The average Bonchev–Trinajstić information content (AvgIpc) is 2.85. The summed E-state index contributed by atoms with van der Waals surface area (Å²) in [5.74, 6) is 0.357. The fraction of sp³-hybridized carbons (Fsp3) is 0.471. The van der Waals surface area contributed by atoms with Gasteiger partial charge in [-0.3, -0.25) is 0 Å². The second-order valence-electron chi connectivity index (χ2n) is 6.37. The lowest BCUT2D eigenvalue weighted by molar-refractivity contribution is 0.568. The van der Waals surface area contributed by atoms with Gasteiger partial charge in [0.15, 0.2) is 0 Å². The molecule has 1 heterocycles. The number of benzene rings is 1. The molecule has 0 aliphatic carbocycles. The first-order chi connectivity index (χ1) is 9.41. The summed E-state index contributed by atoms with van der Waals surface area (Å²) < 4.78 is 0. The van der Waals surface area contributed by atoms with Crippen molar-refractivity contribution in [2.75, 3.05) is 6.54 Å². The Kier molecular flexibility index (Phi) is 4.61. The Morgan fingerprint density at radius 1 is 1.25 bits per heavy atom. The number of nitrogens with two attached hydrogens (primary N) is 1. The molecule has 20 heavy (non-hydrogen) atoms. The summed E-state index contributed by atoms with van der Waals surface area (Å²) in [4.78, 5) is 4.79. The molecular formula is C17H24N2S. The predicted octanol–water partition coefficient (Wildman–Crippen LogP) is 4.03. The summed E-state index contributed by atoms with van der Waals surface area (Å²) in [7, 11) is 0. The van der Waals surface area contributed by atoms with E-state index in [9.17, 15) is 0 Å². The maximum Gasteiger partial charge on any atom is 0.0935 e. The summed E-state index contributed by atoms with van der Waals surface area (Å²) >= 11 is 1.75. The molecule has 1 aromatic carbocycles. The highest BCUT2D eigenvalue weighted by atomic mass is 32.1. The summed E-state index contributed by atoms with van der Waals surface area (Å²) in [5, 5.41) is 3.37. The summed E-state index contributed by atoms with van der Waals surface area (Å²) in [6, 6.07) is 8.51. The van der Waals surface area contributed by atoms with Crippen LogP contribution in [0, 0.1) is 6.92 Å². The summed E-state index contributed by atoms with van der Waals surface area (Å²) in [6.45, 7) is 9.42. The normalized spacial score (nSPS) is 13.4. The molecule has 0 radical (unpaired) electrons. The molecule has 108 valence electrons. The first kappa shape index (κ1) is 15.2. The summed E-state index contributed by atoms with van der Waals surface area (Å²) in [5.41, 5.74) is 9.96. The molecular weight excluding hydrogens is 264 g/mol. The number of aromatic nitrogens is 1. The molecule has 2 rings (SSSR count). The minimum atomic E-state index is 0.121. The molecule has 0 saturated carbocycles. The van der Waals surface area contributed by atoms with E-state index in [1.54, 1.807) is 11.3 Å². The van der Waals surface area contributed by atoms with Gasteiger partial charge in [0.1, 0.15) is 0 Å². The number of rotatable bonds is 4. The van der Waals surface area contributed by atoms with Crippen molar-refractivity contribution in [1.82, 2.24) is 4.98 Å². The van der Waals surface area contributed by atoms with Gasteiger partial charge in [-0.15, -0.1) is 11.3 Å². The Bertz CT molecular complexity index is 566. The van der Waals surface area contributed by atoms with Crippen LogP contribution in [0.1, 0.15) is 48.5 Å². The third kappa shape index (κ3) is 3.47. The van der Waals surface area contributed by atoms with E-state index in [1.807, 2.05) is 0 Å². The van der Waals surface area contributed by atoms with Gasteiger partial charge in [-0.25, -0.2) is 4.98 Å². The van der Waals surface area contributed by atoms with Gasteiger partial charge in [-0.2, -0.15) is 0 Å². The van der Waals surface area contributed by atoms with Crippen molar-refractivity contribution >= 4 is 11.3 Å². The molecule has 2 N–H and O–H groups in total. The standard InChI is InChI=1S/C17H24N2S/c1-12-7-5-6-8-14(12)13(10-18)9-16-19-15(11-20-16)17(2,3)4/h5-8,11,13H,9-10,18H2,1-4H3. The fourth-order valence-corrected chi connectivity index (χ4v) is 3.43. The molecule has 1 aromatic heterocycles. The quantitative estimate of drug-likeness (QED) is 0.922. The van der Waals surface area contributed by atoms with Crippen molar-refractivity contribution in [2.24, 2.45) is 5.73 Å². The van der Waals surface area contributed by atoms with Crippen LogP contribution in [-0.4, -0.2) is 11.5 Å². The topological polar surface area (TPSA) is 38.9 Å². The smallest absolute Gasteiger partial charge is 0.0935 e. The third-order valence-electron chi connectivity index (χ3n) is 3.65. The van der Waals surface area contributed by atoms with Gasteiger partial charge in [-0.1, -0.05) is 45.0 Å². The van der Waals surface area contributed by atoms with Crippen LogP contribution >= 0.6 is 11.3 Å². The molecule has 0 aliphatic heterocycles. The fourth-order valence-electron chi connectivity index (χ4n) is 2.33. The highest BCUT2D eigenvalue weighted by Gasteiger charge is 2.19. The Balaban J connectivity index is 2.19. The molecule has 3 heteroatoms. The maximum absolute atomic E-state index is 5.99. The zero-order chi connectivity index (χ0) is 14.8. The minimum Gasteiger partial charge on any atom is -0.330 e. The molecule has 0 fully saturated rings. The molecule has 0 amide bonds. The van der Waals surface area contributed by atoms with E-state index in [1.165, 1.54) is 21.8 Å². The van der Waals surface area contributed by atoms with E-state index in [0.717, 1.165) is 6.42 Å². The molecule has 1 atom stereocenters. The third-order valence-corrected chi connectivity index (χ3v) is 4.53. The van der Waals surface area contributed by atoms with E-state index in [4.69, 9.17) is 10.7 Å². The highest BCUT2D eigenvalue weighted by Crippen LogP contribution is 2.28. The van der Waals surface area contributed by atoms with E-state index >= 15 is 0 Å². The van der Waals surface area contributed by atoms with Crippen LogP contribution in [0.25, 0.3) is 0 Å². The molecule has 2 aromatic rings. The Morgan fingerprint density at radius 2 is 1.95 bits per heavy atom. The van der Waals surface area contributed by atoms with Crippen LogP contribution < -0.4 is 5.73 Å². The van der Waals surface area contributed by atoms with Crippen molar-refractivity contribution in [3.8, 4) is 0 Å². The van der Waals surface area contributed by atoms with Gasteiger partial charge in [0.25, 0.3) is 0 Å². The zero-order valence-electron chi connectivity index (χ0n) is 12.8. The monoisotopic (exact) mass is 288 g/mol. The van der Waals surface area contributed by atoms with Crippen molar-refractivity contribution < 1.29 is 0 Å². The molecule has 0 spiro atoms. The van der Waals surface area contributed by atoms with Gasteiger partial charge < -0.3 is 5.73 Å². The van der Waals surface area contributed by atoms with E-state index in [-0.39, 0.29) is 5.41 Å². The van der Waals surface area contributed by atoms with Crippen molar-refractivity contribution in [3.05, 3.63) is 51.5 Å². The number of thiazole rings is 1. The van der Waals surface area contributed by atoms with Crippen LogP contribution in [0.3, 0.4) is 0 Å². The number of nitrogens with zero attached hydrogens (tertiary/aromatic N) is 1. The summed E-state index contributed by atoms with van der Waals surface area (Å²) in [6.07, 6.45) is 0.933. The number of hydrogen-bond donors (Lipinski definition) is 1. The lowest BCUT2D eigenvalue weighted by Crippen LogP contribution is -2.16. The second kappa shape index (κ2) is 6.06. The van der Waals surface area contributed by atoms with Gasteiger partial charge in [-0.05, 0) is 24.6 Å². The van der Waals surface area contributed by atoms with Gasteiger partial charge in [0, 0.05) is 23.1 Å². The SMILES string of the molecule is Cc1ccccc1C(CN)Cc1nc(C(C)(C)C)cs1. The lowest BCUT2D eigenvalue weighted by Gasteiger charge is -2.17. The average molecular weight is 288 g/mol.